The summed E-state index contributed by atoms with van der Waals surface area (Å²) in [4.78, 5) is 0. The van der Waals surface area contributed by atoms with Gasteiger partial charge in [-0.15, -0.1) is 0 Å². The van der Waals surface area contributed by atoms with E-state index in [1.54, 1.807) is 0 Å². The summed E-state index contributed by atoms with van der Waals surface area (Å²) in [6.07, 6.45) is 5.59. The Hall–Kier alpha value is -6.24. The molecule has 228 valence electrons. The van der Waals surface area contributed by atoms with Crippen LogP contribution in [0.2, 0.25) is 0 Å². The maximum absolute atomic E-state index is 2.42. The zero-order chi connectivity index (χ0) is 32.3. The second-order valence-corrected chi connectivity index (χ2v) is 13.1. The summed E-state index contributed by atoms with van der Waals surface area (Å²) in [5.41, 5.74) is 12.9. The third kappa shape index (κ3) is 4.38. The van der Waals surface area contributed by atoms with E-state index in [4.69, 9.17) is 0 Å². The number of fused-ring (bicyclic) bond motifs is 10. The van der Waals surface area contributed by atoms with Gasteiger partial charge >= 0.3 is 0 Å². The molecule has 1 aliphatic rings. The summed E-state index contributed by atoms with van der Waals surface area (Å²) in [7, 11) is 0. The first-order chi connectivity index (χ1) is 24.3. The van der Waals surface area contributed by atoms with Crippen molar-refractivity contribution in [3.63, 3.8) is 0 Å². The van der Waals surface area contributed by atoms with Gasteiger partial charge in [-0.25, -0.2) is 0 Å². The zero-order valence-electron chi connectivity index (χ0n) is 27.0. The SMILES string of the molecule is C1=Cc2c(c3ccccc3c3ccccc23)-c2ccc(-c3cccc(-c4c5ccccc5c(-c5ccccc5)c5ccccc45)c3)cc2C1. The minimum absolute atomic E-state index is 0.899. The first kappa shape index (κ1) is 27.8. The lowest BCUT2D eigenvalue weighted by Gasteiger charge is -2.19. The zero-order valence-corrected chi connectivity index (χ0v) is 27.0. The lowest BCUT2D eigenvalue weighted by molar-refractivity contribution is 1.29. The first-order valence-corrected chi connectivity index (χ1v) is 17.2. The Morgan fingerprint density at radius 3 is 1.43 bits per heavy atom. The van der Waals surface area contributed by atoms with Crippen LogP contribution in [0.5, 0.6) is 0 Å². The molecule has 0 bridgehead atoms. The van der Waals surface area contributed by atoms with Gasteiger partial charge in [0, 0.05) is 0 Å². The molecular weight excluding hydrogens is 589 g/mol. The van der Waals surface area contributed by atoms with Crippen molar-refractivity contribution in [2.45, 2.75) is 6.42 Å². The maximum atomic E-state index is 2.42. The van der Waals surface area contributed by atoms with Crippen LogP contribution in [0.1, 0.15) is 11.1 Å². The van der Waals surface area contributed by atoms with E-state index in [2.05, 4.69) is 182 Å². The molecule has 9 aromatic carbocycles. The molecule has 1 aliphatic carbocycles. The number of hydrogen-bond donors (Lipinski definition) is 0. The van der Waals surface area contributed by atoms with Crippen LogP contribution < -0.4 is 0 Å². The maximum Gasteiger partial charge on any atom is -0.00236 e. The average Bonchev–Trinajstić information content (AvgIpc) is 3.37. The van der Waals surface area contributed by atoms with E-state index in [1.165, 1.54) is 98.7 Å². The molecule has 0 aliphatic heterocycles. The van der Waals surface area contributed by atoms with Crippen LogP contribution in [-0.2, 0) is 6.42 Å². The molecule has 0 saturated heterocycles. The van der Waals surface area contributed by atoms with Crippen LogP contribution in [0.15, 0.2) is 176 Å². The number of rotatable bonds is 3. The van der Waals surface area contributed by atoms with Gasteiger partial charge in [-0.2, -0.15) is 0 Å². The highest BCUT2D eigenvalue weighted by Crippen LogP contribution is 2.46. The van der Waals surface area contributed by atoms with Gasteiger partial charge in [-0.3, -0.25) is 0 Å². The van der Waals surface area contributed by atoms with E-state index >= 15 is 0 Å². The van der Waals surface area contributed by atoms with Gasteiger partial charge in [0.15, 0.2) is 0 Å². The molecule has 0 fully saturated rings. The van der Waals surface area contributed by atoms with E-state index in [9.17, 15) is 0 Å². The highest BCUT2D eigenvalue weighted by atomic mass is 14.2. The summed E-state index contributed by atoms with van der Waals surface area (Å²) < 4.78 is 0. The second-order valence-electron chi connectivity index (χ2n) is 13.1. The van der Waals surface area contributed by atoms with Gasteiger partial charge < -0.3 is 0 Å². The average molecular weight is 621 g/mol. The van der Waals surface area contributed by atoms with Gasteiger partial charge in [-0.1, -0.05) is 176 Å². The predicted octanol–water partition coefficient (Wildman–Crippen LogP) is 13.5. The summed E-state index contributed by atoms with van der Waals surface area (Å²) in [6.45, 7) is 0. The molecular formula is C49H32. The molecule has 0 heteroatoms. The summed E-state index contributed by atoms with van der Waals surface area (Å²) in [5, 5.41) is 10.4. The Balaban J connectivity index is 1.16. The van der Waals surface area contributed by atoms with Crippen molar-refractivity contribution in [2.24, 2.45) is 0 Å². The monoisotopic (exact) mass is 620 g/mol. The molecule has 0 amide bonds. The Morgan fingerprint density at radius 1 is 0.306 bits per heavy atom. The van der Waals surface area contributed by atoms with E-state index in [0.717, 1.165) is 6.42 Å². The van der Waals surface area contributed by atoms with E-state index in [1.807, 2.05) is 0 Å². The third-order valence-corrected chi connectivity index (χ3v) is 10.4. The van der Waals surface area contributed by atoms with Crippen LogP contribution in [0.25, 0.3) is 93.7 Å². The van der Waals surface area contributed by atoms with Crippen molar-refractivity contribution in [1.82, 2.24) is 0 Å². The van der Waals surface area contributed by atoms with Crippen molar-refractivity contribution >= 4 is 49.2 Å². The number of allylic oxidation sites excluding steroid dienone is 1. The third-order valence-electron chi connectivity index (χ3n) is 10.4. The fraction of sp³-hybridized carbons (Fsp3) is 0.0204. The van der Waals surface area contributed by atoms with Crippen LogP contribution in [-0.4, -0.2) is 0 Å². The normalized spacial score (nSPS) is 12.3. The van der Waals surface area contributed by atoms with Gasteiger partial charge in [0.05, 0.1) is 0 Å². The standard InChI is InChI=1S/C49H32/c1-2-14-32(15-3-1)47-43-23-8-10-25-45(43)48(46-26-11-9-24-44(46)47)36-18-12-16-33(31-36)34-28-29-37-35(30-34)17-13-27-42-40-20-5-4-19-38(40)39-21-6-7-22-41(39)49(37)42/h1-16,18-31H,17H2. The van der Waals surface area contributed by atoms with E-state index in [0.29, 0.717) is 0 Å². The van der Waals surface area contributed by atoms with Crippen molar-refractivity contribution < 1.29 is 0 Å². The molecule has 0 heterocycles. The van der Waals surface area contributed by atoms with E-state index in [-0.39, 0.29) is 0 Å². The summed E-state index contributed by atoms with van der Waals surface area (Å²) in [5.74, 6) is 0. The molecule has 0 spiro atoms. The van der Waals surface area contributed by atoms with Crippen LogP contribution in [0.4, 0.5) is 0 Å². The molecule has 9 aromatic rings. The minimum Gasteiger partial charge on any atom is -0.0795 e. The molecule has 0 radical (unpaired) electrons. The topological polar surface area (TPSA) is 0 Å². The Labute approximate surface area is 286 Å². The smallest absolute Gasteiger partial charge is 0.00236 e. The second kappa shape index (κ2) is 11.2. The minimum atomic E-state index is 0.899. The molecule has 0 N–H and O–H groups in total. The molecule has 10 rings (SSSR count). The Morgan fingerprint density at radius 2 is 0.776 bits per heavy atom. The highest BCUT2D eigenvalue weighted by Gasteiger charge is 2.20. The number of hydrogen-bond acceptors (Lipinski definition) is 0. The van der Waals surface area contributed by atoms with Crippen molar-refractivity contribution in [1.29, 1.82) is 0 Å². The lowest BCUT2D eigenvalue weighted by Crippen LogP contribution is -1.93. The van der Waals surface area contributed by atoms with Crippen molar-refractivity contribution in [3.8, 4) is 44.5 Å². The fourth-order valence-electron chi connectivity index (χ4n) is 8.33. The fourth-order valence-corrected chi connectivity index (χ4v) is 8.33. The predicted molar refractivity (Wildman–Crippen MR) is 211 cm³/mol. The Kier molecular flexibility index (Phi) is 6.35. The summed E-state index contributed by atoms with van der Waals surface area (Å²) >= 11 is 0. The van der Waals surface area contributed by atoms with Gasteiger partial charge in [0.1, 0.15) is 0 Å². The molecule has 0 atom stereocenters. The molecule has 0 saturated carbocycles. The van der Waals surface area contributed by atoms with Crippen LogP contribution in [0.3, 0.4) is 0 Å². The van der Waals surface area contributed by atoms with E-state index < -0.39 is 0 Å². The van der Waals surface area contributed by atoms with Gasteiger partial charge in [0.2, 0.25) is 0 Å². The largest absolute Gasteiger partial charge is 0.0795 e. The lowest BCUT2D eigenvalue weighted by atomic mass is 9.85. The highest BCUT2D eigenvalue weighted by molar-refractivity contribution is 6.22. The van der Waals surface area contributed by atoms with Crippen LogP contribution >= 0.6 is 0 Å². The molecule has 49 heavy (non-hydrogen) atoms. The van der Waals surface area contributed by atoms with Crippen molar-refractivity contribution in [2.75, 3.05) is 0 Å². The molecule has 0 unspecified atom stereocenters. The number of benzene rings is 9. The Bertz CT molecular complexity index is 2720. The molecule has 0 aromatic heterocycles. The molecule has 0 nitrogen and oxygen atoms in total. The first-order valence-electron chi connectivity index (χ1n) is 17.2. The quantitative estimate of drug-likeness (QED) is 0.136. The van der Waals surface area contributed by atoms with Crippen LogP contribution in [0, 0.1) is 0 Å². The van der Waals surface area contributed by atoms with Gasteiger partial charge in [-0.05, 0) is 111 Å². The van der Waals surface area contributed by atoms with Gasteiger partial charge in [0.25, 0.3) is 0 Å². The summed E-state index contributed by atoms with van der Waals surface area (Å²) in [6, 6.07) is 62.6. The van der Waals surface area contributed by atoms with Crippen molar-refractivity contribution in [3.05, 3.63) is 187 Å².